The molecule has 1 amide bonds. The number of ether oxygens (including phenoxy) is 1. The third-order valence-electron chi connectivity index (χ3n) is 3.61. The Kier molecular flexibility index (Phi) is 5.39. The van der Waals surface area contributed by atoms with Gasteiger partial charge in [-0.15, -0.1) is 0 Å². The van der Waals surface area contributed by atoms with Gasteiger partial charge < -0.3 is 9.84 Å². The second-order valence-corrected chi connectivity index (χ2v) is 7.25. The molecule has 1 aliphatic heterocycles. The lowest BCUT2D eigenvalue weighted by molar-refractivity contribution is -0.139. The van der Waals surface area contributed by atoms with E-state index >= 15 is 0 Å². The molecule has 0 unspecified atom stereocenters. The van der Waals surface area contributed by atoms with Gasteiger partial charge in [-0.25, -0.2) is 4.79 Å². The third kappa shape index (κ3) is 3.95. The summed E-state index contributed by atoms with van der Waals surface area (Å²) in [5.74, 6) is -0.875. The van der Waals surface area contributed by atoms with Crippen LogP contribution in [0.2, 0.25) is 0 Å². The molecule has 1 aliphatic rings. The van der Waals surface area contributed by atoms with Crippen LogP contribution in [0.3, 0.4) is 0 Å². The van der Waals surface area contributed by atoms with Gasteiger partial charge in [0, 0.05) is 5.56 Å². The monoisotopic (exact) mass is 385 g/mol. The fourth-order valence-electron chi connectivity index (χ4n) is 2.47. The zero-order valence-electron chi connectivity index (χ0n) is 13.8. The van der Waals surface area contributed by atoms with E-state index in [1.54, 1.807) is 30.3 Å². The van der Waals surface area contributed by atoms with Crippen molar-refractivity contribution < 1.29 is 19.4 Å². The minimum atomic E-state index is -1.06. The summed E-state index contributed by atoms with van der Waals surface area (Å²) in [7, 11) is 0. The summed E-state index contributed by atoms with van der Waals surface area (Å²) < 4.78 is 5.74. The summed E-state index contributed by atoms with van der Waals surface area (Å²) in [6, 6.07) is 14.5. The quantitative estimate of drug-likeness (QED) is 0.623. The maximum atomic E-state index is 12.8. The maximum absolute atomic E-state index is 12.8. The Hall–Kier alpha value is -2.64. The van der Waals surface area contributed by atoms with Crippen LogP contribution in [0.1, 0.15) is 11.1 Å². The molecule has 0 saturated carbocycles. The predicted octanol–water partition coefficient (Wildman–Crippen LogP) is 3.86. The summed E-state index contributed by atoms with van der Waals surface area (Å²) in [6.45, 7) is 1.50. The number of amides is 1. The molecule has 0 radical (unpaired) electrons. The Morgan fingerprint density at radius 3 is 2.77 bits per heavy atom. The standard InChI is InChI=1S/C19H15NO4S2/c1-12-5-4-7-14(9-12)20-18(23)16(26-19(20)25)10-13-6-2-3-8-15(13)24-11-17(21)22/h2-10H,11H2,1H3,(H,21,22)/b16-10-. The van der Waals surface area contributed by atoms with E-state index in [1.807, 2.05) is 31.2 Å². The zero-order chi connectivity index (χ0) is 18.7. The van der Waals surface area contributed by atoms with Crippen LogP contribution < -0.4 is 9.64 Å². The number of hydrogen-bond donors (Lipinski definition) is 1. The molecule has 3 rings (SSSR count). The van der Waals surface area contributed by atoms with Crippen LogP contribution >= 0.6 is 24.0 Å². The van der Waals surface area contributed by atoms with Gasteiger partial charge in [0.15, 0.2) is 10.9 Å². The average molecular weight is 385 g/mol. The minimum Gasteiger partial charge on any atom is -0.481 e. The largest absolute Gasteiger partial charge is 0.481 e. The number of thioether (sulfide) groups is 1. The number of anilines is 1. The fourth-order valence-corrected chi connectivity index (χ4v) is 3.76. The number of aliphatic carboxylic acids is 1. The second-order valence-electron chi connectivity index (χ2n) is 5.58. The molecule has 1 heterocycles. The van der Waals surface area contributed by atoms with Gasteiger partial charge in [0.1, 0.15) is 5.75 Å². The number of nitrogens with zero attached hydrogens (tertiary/aromatic N) is 1. The maximum Gasteiger partial charge on any atom is 0.341 e. The van der Waals surface area contributed by atoms with Crippen molar-refractivity contribution in [3.63, 3.8) is 0 Å². The minimum absolute atomic E-state index is 0.210. The molecule has 1 fully saturated rings. The Morgan fingerprint density at radius 2 is 2.04 bits per heavy atom. The van der Waals surface area contributed by atoms with E-state index in [-0.39, 0.29) is 5.91 Å². The van der Waals surface area contributed by atoms with Gasteiger partial charge in [0.05, 0.1) is 10.6 Å². The van der Waals surface area contributed by atoms with Crippen LogP contribution in [0.4, 0.5) is 5.69 Å². The van der Waals surface area contributed by atoms with Gasteiger partial charge in [-0.3, -0.25) is 9.69 Å². The van der Waals surface area contributed by atoms with E-state index in [0.29, 0.717) is 20.5 Å². The van der Waals surface area contributed by atoms with Gasteiger partial charge >= 0.3 is 5.97 Å². The summed E-state index contributed by atoms with van der Waals surface area (Å²) in [5.41, 5.74) is 2.39. The Labute approximate surface area is 160 Å². The molecular weight excluding hydrogens is 370 g/mol. The average Bonchev–Trinajstić information content (AvgIpc) is 2.87. The number of thiocarbonyl (C=S) groups is 1. The van der Waals surface area contributed by atoms with Crippen molar-refractivity contribution >= 4 is 51.9 Å². The van der Waals surface area contributed by atoms with E-state index < -0.39 is 12.6 Å². The molecule has 1 N–H and O–H groups in total. The van der Waals surface area contributed by atoms with Crippen LogP contribution in [0.5, 0.6) is 5.75 Å². The molecule has 0 aliphatic carbocycles. The first-order chi connectivity index (χ1) is 12.5. The smallest absolute Gasteiger partial charge is 0.341 e. The van der Waals surface area contributed by atoms with Crippen LogP contribution in [-0.2, 0) is 9.59 Å². The van der Waals surface area contributed by atoms with Gasteiger partial charge in [-0.1, -0.05) is 54.3 Å². The molecule has 0 aromatic heterocycles. The first kappa shape index (κ1) is 18.2. The van der Waals surface area contributed by atoms with Gasteiger partial charge in [0.2, 0.25) is 0 Å². The number of carboxylic acids is 1. The van der Waals surface area contributed by atoms with E-state index in [2.05, 4.69) is 0 Å². The lowest BCUT2D eigenvalue weighted by atomic mass is 10.1. The van der Waals surface area contributed by atoms with E-state index in [1.165, 1.54) is 16.7 Å². The summed E-state index contributed by atoms with van der Waals surface area (Å²) in [6.07, 6.45) is 1.67. The van der Waals surface area contributed by atoms with Crippen molar-refractivity contribution in [1.82, 2.24) is 0 Å². The molecule has 132 valence electrons. The van der Waals surface area contributed by atoms with Gasteiger partial charge in [-0.05, 0) is 36.8 Å². The molecule has 2 aromatic carbocycles. The summed E-state index contributed by atoms with van der Waals surface area (Å²) >= 11 is 6.58. The summed E-state index contributed by atoms with van der Waals surface area (Å²) in [4.78, 5) is 25.5. The number of carbonyl (C=O) groups is 2. The van der Waals surface area contributed by atoms with E-state index in [9.17, 15) is 9.59 Å². The van der Waals surface area contributed by atoms with Crippen molar-refractivity contribution in [2.24, 2.45) is 0 Å². The Morgan fingerprint density at radius 1 is 1.27 bits per heavy atom. The Bertz CT molecular complexity index is 923. The third-order valence-corrected chi connectivity index (χ3v) is 4.91. The van der Waals surface area contributed by atoms with Crippen molar-refractivity contribution in [2.75, 3.05) is 11.5 Å². The SMILES string of the molecule is Cc1cccc(N2C(=O)/C(=C/c3ccccc3OCC(=O)O)SC2=S)c1. The molecule has 2 aromatic rings. The molecule has 0 atom stereocenters. The molecule has 26 heavy (non-hydrogen) atoms. The van der Waals surface area contributed by atoms with Gasteiger partial charge in [0.25, 0.3) is 5.91 Å². The Balaban J connectivity index is 1.90. The normalized spacial score (nSPS) is 15.6. The fraction of sp³-hybridized carbons (Fsp3) is 0.105. The molecule has 0 bridgehead atoms. The highest BCUT2D eigenvalue weighted by molar-refractivity contribution is 8.27. The lowest BCUT2D eigenvalue weighted by Crippen LogP contribution is -2.27. The van der Waals surface area contributed by atoms with Crippen molar-refractivity contribution in [2.45, 2.75) is 6.92 Å². The highest BCUT2D eigenvalue weighted by Gasteiger charge is 2.33. The van der Waals surface area contributed by atoms with Crippen LogP contribution in [0.25, 0.3) is 6.08 Å². The highest BCUT2D eigenvalue weighted by Crippen LogP contribution is 2.37. The number of aryl methyl sites for hydroxylation is 1. The number of carboxylic acid groups (broad SMARTS) is 1. The molecular formula is C19H15NO4S2. The van der Waals surface area contributed by atoms with Crippen LogP contribution in [-0.4, -0.2) is 27.9 Å². The highest BCUT2D eigenvalue weighted by atomic mass is 32.2. The number of rotatable bonds is 5. The number of hydrogen-bond acceptors (Lipinski definition) is 5. The molecule has 1 saturated heterocycles. The van der Waals surface area contributed by atoms with E-state index in [4.69, 9.17) is 22.1 Å². The van der Waals surface area contributed by atoms with E-state index in [0.717, 1.165) is 11.3 Å². The van der Waals surface area contributed by atoms with Crippen LogP contribution in [0.15, 0.2) is 53.4 Å². The van der Waals surface area contributed by atoms with Crippen molar-refractivity contribution in [3.05, 3.63) is 64.6 Å². The number of carbonyl (C=O) groups excluding carboxylic acids is 1. The first-order valence-corrected chi connectivity index (χ1v) is 8.96. The molecule has 0 spiro atoms. The summed E-state index contributed by atoms with van der Waals surface area (Å²) in [5, 5.41) is 8.79. The lowest BCUT2D eigenvalue weighted by Gasteiger charge is -2.14. The van der Waals surface area contributed by atoms with Crippen molar-refractivity contribution in [3.8, 4) is 5.75 Å². The van der Waals surface area contributed by atoms with Gasteiger partial charge in [-0.2, -0.15) is 0 Å². The first-order valence-electron chi connectivity index (χ1n) is 7.74. The van der Waals surface area contributed by atoms with Crippen molar-refractivity contribution in [1.29, 1.82) is 0 Å². The topological polar surface area (TPSA) is 66.8 Å². The zero-order valence-corrected chi connectivity index (χ0v) is 15.5. The number of para-hydroxylation sites is 1. The predicted molar refractivity (Wildman–Crippen MR) is 106 cm³/mol. The number of benzene rings is 2. The second kappa shape index (κ2) is 7.72. The molecule has 5 nitrogen and oxygen atoms in total. The van der Waals surface area contributed by atoms with Crippen LogP contribution in [0, 0.1) is 6.92 Å². The molecule has 7 heteroatoms.